The third-order valence-corrected chi connectivity index (χ3v) is 3.82. The van der Waals surface area contributed by atoms with Crippen LogP contribution in [0.25, 0.3) is 0 Å². The highest BCUT2D eigenvalue weighted by Crippen LogP contribution is 2.21. The van der Waals surface area contributed by atoms with E-state index in [2.05, 4.69) is 20.7 Å². The van der Waals surface area contributed by atoms with Crippen molar-refractivity contribution in [3.05, 3.63) is 11.9 Å². The Morgan fingerprint density at radius 1 is 1.39 bits per heavy atom. The fourth-order valence-electron chi connectivity index (χ4n) is 1.89. The number of nitrogens with two attached hydrogens (primary N) is 1. The molecule has 6 nitrogen and oxygen atoms in total. The lowest BCUT2D eigenvalue weighted by molar-refractivity contribution is 0.178. The largest absolute Gasteiger partial charge is 0.377 e. The van der Waals surface area contributed by atoms with Gasteiger partial charge in [-0.1, -0.05) is 0 Å². The number of hydrazine groups is 1. The summed E-state index contributed by atoms with van der Waals surface area (Å²) in [5.74, 6) is 9.85. The van der Waals surface area contributed by atoms with Gasteiger partial charge in [0.25, 0.3) is 0 Å². The summed E-state index contributed by atoms with van der Waals surface area (Å²) in [6, 6.07) is 2.31. The van der Waals surface area contributed by atoms with Crippen molar-refractivity contribution >= 4 is 23.4 Å². The number of thioether (sulfide) groups is 1. The number of rotatable bonds is 5. The van der Waals surface area contributed by atoms with Gasteiger partial charge in [0.05, 0.1) is 0 Å². The van der Waals surface area contributed by atoms with Crippen LogP contribution in [0.4, 0.5) is 11.6 Å². The Kier molecular flexibility index (Phi) is 5.03. The van der Waals surface area contributed by atoms with E-state index in [1.54, 1.807) is 7.11 Å². The maximum Gasteiger partial charge on any atom is 0.158 e. The van der Waals surface area contributed by atoms with Gasteiger partial charge in [0.15, 0.2) is 5.82 Å². The molecule has 0 amide bonds. The highest BCUT2D eigenvalue weighted by Gasteiger charge is 2.14. The standard InChI is InChI=1S/C11H19N5OS/c1-17-7-11-14-9(6-10(15-11)16-12)13-8-2-4-18-5-3-8/h6,8H,2-5,7,12H2,1H3,(H2,13,14,15,16). The summed E-state index contributed by atoms with van der Waals surface area (Å²) in [7, 11) is 1.62. The van der Waals surface area contributed by atoms with E-state index in [1.165, 1.54) is 24.3 Å². The summed E-state index contributed by atoms with van der Waals surface area (Å²) in [6.07, 6.45) is 2.33. The van der Waals surface area contributed by atoms with Crippen molar-refractivity contribution in [2.45, 2.75) is 25.5 Å². The van der Waals surface area contributed by atoms with Crippen molar-refractivity contribution in [2.75, 3.05) is 29.4 Å². The molecule has 18 heavy (non-hydrogen) atoms. The van der Waals surface area contributed by atoms with Crippen LogP contribution in [0.2, 0.25) is 0 Å². The summed E-state index contributed by atoms with van der Waals surface area (Å²) in [5.41, 5.74) is 2.55. The van der Waals surface area contributed by atoms with Gasteiger partial charge in [0.2, 0.25) is 0 Å². The van der Waals surface area contributed by atoms with Crippen molar-refractivity contribution in [3.63, 3.8) is 0 Å². The van der Waals surface area contributed by atoms with Crippen LogP contribution in [0, 0.1) is 0 Å². The van der Waals surface area contributed by atoms with Crippen molar-refractivity contribution in [3.8, 4) is 0 Å². The Bertz CT molecular complexity index is 384. The maximum absolute atomic E-state index is 5.40. The minimum atomic E-state index is 0.380. The highest BCUT2D eigenvalue weighted by molar-refractivity contribution is 7.99. The molecule has 4 N–H and O–H groups in total. The molecule has 0 bridgehead atoms. The maximum atomic E-state index is 5.40. The van der Waals surface area contributed by atoms with Crippen LogP contribution in [0.3, 0.4) is 0 Å². The van der Waals surface area contributed by atoms with Crippen molar-refractivity contribution < 1.29 is 4.74 Å². The van der Waals surface area contributed by atoms with Gasteiger partial charge < -0.3 is 15.5 Å². The van der Waals surface area contributed by atoms with Gasteiger partial charge in [-0.25, -0.2) is 15.8 Å². The second kappa shape index (κ2) is 6.77. The molecular weight excluding hydrogens is 250 g/mol. The van der Waals surface area contributed by atoms with Crippen LogP contribution in [-0.2, 0) is 11.3 Å². The zero-order valence-corrected chi connectivity index (χ0v) is 11.3. The lowest BCUT2D eigenvalue weighted by Gasteiger charge is -2.23. The SMILES string of the molecule is COCc1nc(NN)cc(NC2CCSCC2)n1. The monoisotopic (exact) mass is 269 g/mol. The first-order chi connectivity index (χ1) is 8.81. The van der Waals surface area contributed by atoms with Gasteiger partial charge >= 0.3 is 0 Å². The van der Waals surface area contributed by atoms with Crippen LogP contribution in [-0.4, -0.2) is 34.6 Å². The average molecular weight is 269 g/mol. The molecule has 0 atom stereocenters. The average Bonchev–Trinajstić information content (AvgIpc) is 2.40. The zero-order valence-electron chi connectivity index (χ0n) is 10.5. The number of anilines is 2. The van der Waals surface area contributed by atoms with Crippen molar-refractivity contribution in [2.24, 2.45) is 5.84 Å². The Balaban J connectivity index is 2.07. The van der Waals surface area contributed by atoms with E-state index in [9.17, 15) is 0 Å². The second-order valence-electron chi connectivity index (χ2n) is 4.16. The van der Waals surface area contributed by atoms with E-state index in [4.69, 9.17) is 10.6 Å². The van der Waals surface area contributed by atoms with Crippen LogP contribution in [0.5, 0.6) is 0 Å². The Labute approximate surface area is 111 Å². The molecular formula is C11H19N5OS. The molecule has 0 aliphatic carbocycles. The van der Waals surface area contributed by atoms with Gasteiger partial charge in [0, 0.05) is 19.2 Å². The van der Waals surface area contributed by atoms with Crippen LogP contribution in [0.15, 0.2) is 6.07 Å². The number of ether oxygens (including phenoxy) is 1. The van der Waals surface area contributed by atoms with E-state index < -0.39 is 0 Å². The number of nitrogen functional groups attached to an aromatic ring is 1. The predicted octanol–water partition coefficient (Wildman–Crippen LogP) is 1.22. The number of aromatic nitrogens is 2. The fraction of sp³-hybridized carbons (Fsp3) is 0.636. The number of nitrogens with zero attached hydrogens (tertiary/aromatic N) is 2. The summed E-state index contributed by atoms with van der Waals surface area (Å²) >= 11 is 2.00. The zero-order chi connectivity index (χ0) is 12.8. The molecule has 1 fully saturated rings. The lowest BCUT2D eigenvalue weighted by atomic mass is 10.1. The Morgan fingerprint density at radius 3 is 2.78 bits per heavy atom. The molecule has 1 aliphatic rings. The first kappa shape index (κ1) is 13.4. The predicted molar refractivity (Wildman–Crippen MR) is 74.5 cm³/mol. The van der Waals surface area contributed by atoms with E-state index in [1.807, 2.05) is 17.8 Å². The first-order valence-electron chi connectivity index (χ1n) is 5.99. The van der Waals surface area contributed by atoms with E-state index in [0.29, 0.717) is 24.3 Å². The van der Waals surface area contributed by atoms with Crippen molar-refractivity contribution in [1.82, 2.24) is 9.97 Å². The van der Waals surface area contributed by atoms with Gasteiger partial charge in [-0.3, -0.25) is 0 Å². The number of hydrogen-bond acceptors (Lipinski definition) is 7. The topological polar surface area (TPSA) is 85.1 Å². The third-order valence-electron chi connectivity index (χ3n) is 2.77. The molecule has 2 rings (SSSR count). The first-order valence-corrected chi connectivity index (χ1v) is 7.15. The van der Waals surface area contributed by atoms with Crippen molar-refractivity contribution in [1.29, 1.82) is 0 Å². The van der Waals surface area contributed by atoms with Gasteiger partial charge in [-0.05, 0) is 24.3 Å². The fourth-order valence-corrected chi connectivity index (χ4v) is 3.00. The van der Waals surface area contributed by atoms with Crippen LogP contribution < -0.4 is 16.6 Å². The summed E-state index contributed by atoms with van der Waals surface area (Å²) in [6.45, 7) is 0.380. The van der Waals surface area contributed by atoms with Crippen LogP contribution >= 0.6 is 11.8 Å². The molecule has 1 aromatic heterocycles. The van der Waals surface area contributed by atoms with E-state index in [0.717, 1.165) is 5.82 Å². The smallest absolute Gasteiger partial charge is 0.158 e. The van der Waals surface area contributed by atoms with Gasteiger partial charge in [0.1, 0.15) is 18.2 Å². The molecule has 1 saturated heterocycles. The third kappa shape index (κ3) is 3.72. The summed E-state index contributed by atoms with van der Waals surface area (Å²) < 4.78 is 5.05. The van der Waals surface area contributed by atoms with E-state index >= 15 is 0 Å². The van der Waals surface area contributed by atoms with Gasteiger partial charge in [-0.2, -0.15) is 11.8 Å². The minimum absolute atomic E-state index is 0.380. The summed E-state index contributed by atoms with van der Waals surface area (Å²) in [4.78, 5) is 8.63. The molecule has 7 heteroatoms. The molecule has 100 valence electrons. The Hall–Kier alpha value is -1.05. The molecule has 2 heterocycles. The molecule has 0 spiro atoms. The molecule has 1 aromatic rings. The minimum Gasteiger partial charge on any atom is -0.377 e. The number of nitrogens with one attached hydrogen (secondary N) is 2. The second-order valence-corrected chi connectivity index (χ2v) is 5.39. The highest BCUT2D eigenvalue weighted by atomic mass is 32.2. The van der Waals surface area contributed by atoms with E-state index in [-0.39, 0.29) is 0 Å². The normalized spacial score (nSPS) is 16.6. The van der Waals surface area contributed by atoms with Crippen LogP contribution in [0.1, 0.15) is 18.7 Å². The molecule has 0 aromatic carbocycles. The summed E-state index contributed by atoms with van der Waals surface area (Å²) in [5, 5.41) is 3.44. The number of methoxy groups -OCH3 is 1. The molecule has 0 unspecified atom stereocenters. The molecule has 0 radical (unpaired) electrons. The quantitative estimate of drug-likeness (QED) is 0.547. The number of hydrogen-bond donors (Lipinski definition) is 3. The molecule has 1 aliphatic heterocycles. The Morgan fingerprint density at radius 2 is 2.11 bits per heavy atom. The molecule has 0 saturated carbocycles. The van der Waals surface area contributed by atoms with Gasteiger partial charge in [-0.15, -0.1) is 0 Å². The lowest BCUT2D eigenvalue weighted by Crippen LogP contribution is -2.25.